The van der Waals surface area contributed by atoms with Crippen LogP contribution in [-0.4, -0.2) is 36.4 Å². The first-order valence-corrected chi connectivity index (χ1v) is 11.7. The quantitative estimate of drug-likeness (QED) is 0.670. The molecule has 2 aliphatic carbocycles. The van der Waals surface area contributed by atoms with Gasteiger partial charge in [-0.05, 0) is 70.5 Å². The molecule has 2 saturated carbocycles. The van der Waals surface area contributed by atoms with Gasteiger partial charge in [0.25, 0.3) is 0 Å². The summed E-state index contributed by atoms with van der Waals surface area (Å²) in [6.07, 6.45) is 11.1. The van der Waals surface area contributed by atoms with Crippen LogP contribution in [0.3, 0.4) is 0 Å². The van der Waals surface area contributed by atoms with E-state index in [-0.39, 0.29) is 28.8 Å². The third kappa shape index (κ3) is 4.06. The van der Waals surface area contributed by atoms with E-state index in [1.54, 1.807) is 0 Å². The molecule has 162 valence electrons. The molecule has 1 spiro atoms. The summed E-state index contributed by atoms with van der Waals surface area (Å²) in [6.45, 7) is 0. The van der Waals surface area contributed by atoms with Crippen molar-refractivity contribution in [3.63, 3.8) is 0 Å². The highest BCUT2D eigenvalue weighted by Gasteiger charge is 2.49. The number of hydrogen-bond acceptors (Lipinski definition) is 5. The zero-order valence-corrected chi connectivity index (χ0v) is 18.5. The monoisotopic (exact) mass is 408 g/mol. The topological polar surface area (TPSA) is 68.2 Å². The zero-order chi connectivity index (χ0) is 21.2. The van der Waals surface area contributed by atoms with Gasteiger partial charge in [0.15, 0.2) is 0 Å². The fourth-order valence-electron chi connectivity index (χ4n) is 6.02. The van der Waals surface area contributed by atoms with Crippen LogP contribution in [0.4, 0.5) is 0 Å². The number of Topliss-reactive ketones (excluding diaryl/α,β-unsaturated/α-hetero) is 1. The number of rotatable bonds is 7. The minimum Gasteiger partial charge on any atom is -0.300 e. The molecule has 1 aromatic rings. The van der Waals surface area contributed by atoms with Gasteiger partial charge in [0.2, 0.25) is 5.78 Å². The van der Waals surface area contributed by atoms with E-state index < -0.39 is 0 Å². The van der Waals surface area contributed by atoms with Gasteiger partial charge in [0, 0.05) is 23.0 Å². The molecular formula is C25H36N4O. The van der Waals surface area contributed by atoms with Gasteiger partial charge in [-0.2, -0.15) is 5.26 Å². The third-order valence-corrected chi connectivity index (χ3v) is 8.38. The van der Waals surface area contributed by atoms with Crippen LogP contribution in [0, 0.1) is 23.2 Å². The van der Waals surface area contributed by atoms with Crippen molar-refractivity contribution in [2.45, 2.75) is 81.3 Å². The lowest BCUT2D eigenvalue weighted by Gasteiger charge is -2.49. The molecule has 0 radical (unpaired) electrons. The second kappa shape index (κ2) is 8.78. The molecule has 1 saturated heterocycles. The Morgan fingerprint density at radius 3 is 2.47 bits per heavy atom. The maximum absolute atomic E-state index is 12.4. The Morgan fingerprint density at radius 2 is 1.90 bits per heavy atom. The van der Waals surface area contributed by atoms with Gasteiger partial charge in [-0.1, -0.05) is 49.6 Å². The highest BCUT2D eigenvalue weighted by atomic mass is 16.1. The zero-order valence-electron chi connectivity index (χ0n) is 18.5. The lowest BCUT2D eigenvalue weighted by atomic mass is 9.67. The lowest BCUT2D eigenvalue weighted by Crippen LogP contribution is -2.53. The predicted molar refractivity (Wildman–Crippen MR) is 118 cm³/mol. The number of hydrogen-bond donors (Lipinski definition) is 2. The number of carbonyl (C=O) groups excluding carboxylic acids is 1. The Balaban J connectivity index is 1.43. The van der Waals surface area contributed by atoms with Crippen molar-refractivity contribution in [2.75, 3.05) is 14.1 Å². The van der Waals surface area contributed by atoms with Crippen molar-refractivity contribution in [2.24, 2.45) is 11.8 Å². The van der Waals surface area contributed by atoms with Crippen LogP contribution in [-0.2, 0) is 10.3 Å². The number of nitriles is 1. The molecule has 3 aliphatic rings. The minimum absolute atomic E-state index is 0.0312. The summed E-state index contributed by atoms with van der Waals surface area (Å²) in [7, 11) is 4.38. The first kappa shape index (κ1) is 21.5. The van der Waals surface area contributed by atoms with E-state index in [9.17, 15) is 10.1 Å². The maximum Gasteiger partial charge on any atom is 0.236 e. The Labute approximate surface area is 181 Å². The van der Waals surface area contributed by atoms with E-state index in [0.29, 0.717) is 0 Å². The summed E-state index contributed by atoms with van der Waals surface area (Å²) < 4.78 is 0. The van der Waals surface area contributed by atoms with Crippen molar-refractivity contribution in [3.8, 4) is 6.07 Å². The molecule has 0 bridgehead atoms. The number of nitrogens with one attached hydrogen (secondary N) is 2. The number of ketones is 1. The molecule has 0 aromatic heterocycles. The Morgan fingerprint density at radius 1 is 1.20 bits per heavy atom. The highest BCUT2D eigenvalue weighted by molar-refractivity contribution is 5.95. The fourth-order valence-corrected chi connectivity index (χ4v) is 6.02. The molecule has 5 heteroatoms. The van der Waals surface area contributed by atoms with Crippen LogP contribution >= 0.6 is 0 Å². The molecule has 1 unspecified atom stereocenters. The summed E-state index contributed by atoms with van der Waals surface area (Å²) in [4.78, 5) is 14.8. The van der Waals surface area contributed by atoms with Gasteiger partial charge in [0.05, 0.1) is 0 Å². The van der Waals surface area contributed by atoms with Crippen LogP contribution in [0.1, 0.15) is 69.8 Å². The second-order valence-electron chi connectivity index (χ2n) is 10.1. The molecule has 2 atom stereocenters. The largest absolute Gasteiger partial charge is 0.300 e. The van der Waals surface area contributed by atoms with Crippen molar-refractivity contribution >= 4 is 5.78 Å². The summed E-state index contributed by atoms with van der Waals surface area (Å²) in [5, 5.41) is 9.31. The van der Waals surface area contributed by atoms with Crippen LogP contribution in [0.2, 0.25) is 0 Å². The molecule has 1 aromatic carbocycles. The third-order valence-electron chi connectivity index (χ3n) is 8.38. The van der Waals surface area contributed by atoms with Crippen LogP contribution in [0.25, 0.3) is 0 Å². The van der Waals surface area contributed by atoms with E-state index >= 15 is 0 Å². The summed E-state index contributed by atoms with van der Waals surface area (Å²) in [5.74, 6) is 0.342. The average Bonchev–Trinajstić information content (AvgIpc) is 3.14. The molecule has 1 aliphatic heterocycles. The lowest BCUT2D eigenvalue weighted by molar-refractivity contribution is -0.118. The Kier molecular flexibility index (Phi) is 6.29. The first-order chi connectivity index (χ1) is 14.5. The van der Waals surface area contributed by atoms with Gasteiger partial charge >= 0.3 is 0 Å². The van der Waals surface area contributed by atoms with Crippen LogP contribution < -0.4 is 10.9 Å². The SMILES string of the molecule is CN(C)C1(c2ccccc2)CCC2(CC1)C[C@@H](C(CCC1CCC1)C(=O)C#N)NN2. The number of carbonyl (C=O) groups is 1. The first-order valence-electron chi connectivity index (χ1n) is 11.7. The molecule has 30 heavy (non-hydrogen) atoms. The van der Waals surface area contributed by atoms with Crippen LogP contribution in [0.5, 0.6) is 0 Å². The smallest absolute Gasteiger partial charge is 0.236 e. The summed E-state index contributed by atoms with van der Waals surface area (Å²) >= 11 is 0. The fraction of sp³-hybridized carbons (Fsp3) is 0.680. The number of hydrazine groups is 1. The molecule has 3 fully saturated rings. The van der Waals surface area contributed by atoms with Gasteiger partial charge < -0.3 is 0 Å². The predicted octanol–water partition coefficient (Wildman–Crippen LogP) is 3.91. The Bertz CT molecular complexity index is 772. The number of nitrogens with zero attached hydrogens (tertiary/aromatic N) is 2. The van der Waals surface area contributed by atoms with Crippen molar-refractivity contribution < 1.29 is 4.79 Å². The molecule has 1 heterocycles. The van der Waals surface area contributed by atoms with Crippen molar-refractivity contribution in [1.82, 2.24) is 15.8 Å². The van der Waals surface area contributed by atoms with E-state index in [1.165, 1.54) is 24.8 Å². The normalized spacial score (nSPS) is 32.7. The van der Waals surface area contributed by atoms with E-state index in [4.69, 9.17) is 0 Å². The molecule has 0 amide bonds. The van der Waals surface area contributed by atoms with Gasteiger partial charge in [-0.15, -0.1) is 0 Å². The van der Waals surface area contributed by atoms with Gasteiger partial charge in [0.1, 0.15) is 6.07 Å². The van der Waals surface area contributed by atoms with E-state index in [1.807, 2.05) is 6.07 Å². The molecule has 4 rings (SSSR count). The minimum atomic E-state index is -0.242. The highest BCUT2D eigenvalue weighted by Crippen LogP contribution is 2.47. The van der Waals surface area contributed by atoms with E-state index in [2.05, 4.69) is 60.2 Å². The standard InChI is InChI=1S/C25H36N4O/c1-29(2)25(20-9-4-3-5-10-20)15-13-24(14-16-25)17-22(27-28-24)21(23(30)18-26)12-11-19-7-6-8-19/h3-5,9-10,19,21-22,27-28H,6-8,11-17H2,1-2H3/t21?,22-,24?,25?/m0/s1. The summed E-state index contributed by atoms with van der Waals surface area (Å²) in [6, 6.07) is 12.9. The summed E-state index contributed by atoms with van der Waals surface area (Å²) in [5.41, 5.74) is 8.54. The van der Waals surface area contributed by atoms with Crippen LogP contribution in [0.15, 0.2) is 30.3 Å². The van der Waals surface area contributed by atoms with Gasteiger partial charge in [-0.3, -0.25) is 20.5 Å². The van der Waals surface area contributed by atoms with Gasteiger partial charge in [-0.25, -0.2) is 0 Å². The molecule has 2 N–H and O–H groups in total. The average molecular weight is 409 g/mol. The molecule has 5 nitrogen and oxygen atoms in total. The Hall–Kier alpha value is -1.74. The van der Waals surface area contributed by atoms with Crippen molar-refractivity contribution in [3.05, 3.63) is 35.9 Å². The second-order valence-corrected chi connectivity index (χ2v) is 10.1. The number of benzene rings is 1. The molecular weight excluding hydrogens is 372 g/mol. The van der Waals surface area contributed by atoms with E-state index in [0.717, 1.165) is 50.9 Å². The maximum atomic E-state index is 12.4. The van der Waals surface area contributed by atoms with Crippen molar-refractivity contribution in [1.29, 1.82) is 5.26 Å².